The molecule has 0 unspecified atom stereocenters. The molecule has 1 fully saturated rings. The lowest BCUT2D eigenvalue weighted by Crippen LogP contribution is -2.49. The molecule has 1 saturated heterocycles. The molecule has 5 nitrogen and oxygen atoms in total. The van der Waals surface area contributed by atoms with Crippen molar-refractivity contribution in [1.29, 1.82) is 0 Å². The van der Waals surface area contributed by atoms with Gasteiger partial charge in [0.2, 0.25) is 0 Å². The highest BCUT2D eigenvalue weighted by molar-refractivity contribution is 5.77. The largest absolute Gasteiger partial charge is 0.493 e. The van der Waals surface area contributed by atoms with E-state index in [1.807, 2.05) is 25.1 Å². The van der Waals surface area contributed by atoms with Gasteiger partial charge in [-0.3, -0.25) is 4.79 Å². The van der Waals surface area contributed by atoms with E-state index in [2.05, 4.69) is 12.2 Å². The highest BCUT2D eigenvalue weighted by Gasteiger charge is 2.33. The molecule has 110 valence electrons. The second kappa shape index (κ2) is 6.13. The number of carbonyl (C=O) groups excluding carboxylic acids is 1. The first kappa shape index (κ1) is 14.7. The van der Waals surface area contributed by atoms with Crippen LogP contribution in [0.25, 0.3) is 0 Å². The molecule has 1 amide bonds. The standard InChI is InChI=1S/C15H21NO4/c1-11-4-5-12(13(6-11)18-3)20-7-14(17)16-8-15(2)9-19-10-15/h4-6H,7-10H2,1-3H3,(H,16,17). The van der Waals surface area contributed by atoms with Gasteiger partial charge in [0.25, 0.3) is 5.91 Å². The number of benzene rings is 1. The van der Waals surface area contributed by atoms with Crippen LogP contribution < -0.4 is 14.8 Å². The van der Waals surface area contributed by atoms with Crippen LogP contribution in [0.4, 0.5) is 0 Å². The lowest BCUT2D eigenvalue weighted by atomic mass is 9.89. The molecule has 1 heterocycles. The summed E-state index contributed by atoms with van der Waals surface area (Å²) in [7, 11) is 1.58. The molecule has 1 aliphatic heterocycles. The van der Waals surface area contributed by atoms with Crippen LogP contribution in [0.5, 0.6) is 11.5 Å². The van der Waals surface area contributed by atoms with Crippen LogP contribution >= 0.6 is 0 Å². The van der Waals surface area contributed by atoms with Crippen LogP contribution in [-0.4, -0.2) is 39.4 Å². The van der Waals surface area contributed by atoms with Crippen molar-refractivity contribution in [2.24, 2.45) is 5.41 Å². The van der Waals surface area contributed by atoms with Crippen LogP contribution in [0, 0.1) is 12.3 Å². The van der Waals surface area contributed by atoms with Crippen molar-refractivity contribution in [3.8, 4) is 11.5 Å². The number of aryl methyl sites for hydroxylation is 1. The zero-order valence-corrected chi connectivity index (χ0v) is 12.2. The molecule has 2 rings (SSSR count). The Hall–Kier alpha value is -1.75. The number of hydrogen-bond acceptors (Lipinski definition) is 4. The average Bonchev–Trinajstić information content (AvgIpc) is 2.41. The molecule has 1 aromatic rings. The van der Waals surface area contributed by atoms with E-state index in [1.54, 1.807) is 7.11 Å². The Morgan fingerprint density at radius 1 is 1.40 bits per heavy atom. The zero-order valence-electron chi connectivity index (χ0n) is 12.2. The van der Waals surface area contributed by atoms with Gasteiger partial charge in [-0.15, -0.1) is 0 Å². The van der Waals surface area contributed by atoms with Crippen molar-refractivity contribution in [3.63, 3.8) is 0 Å². The van der Waals surface area contributed by atoms with E-state index in [0.717, 1.165) is 5.56 Å². The smallest absolute Gasteiger partial charge is 0.257 e. The lowest BCUT2D eigenvalue weighted by molar-refractivity contribution is -0.128. The number of ether oxygens (including phenoxy) is 3. The summed E-state index contributed by atoms with van der Waals surface area (Å²) in [5.41, 5.74) is 1.15. The molecule has 0 spiro atoms. The minimum absolute atomic E-state index is 0.0175. The Morgan fingerprint density at radius 3 is 2.75 bits per heavy atom. The molecule has 20 heavy (non-hydrogen) atoms. The number of amides is 1. The molecule has 0 aliphatic carbocycles. The van der Waals surface area contributed by atoms with Gasteiger partial charge in [-0.05, 0) is 24.6 Å². The maximum Gasteiger partial charge on any atom is 0.257 e. The summed E-state index contributed by atoms with van der Waals surface area (Å²) in [6, 6.07) is 5.60. The van der Waals surface area contributed by atoms with Gasteiger partial charge >= 0.3 is 0 Å². The summed E-state index contributed by atoms with van der Waals surface area (Å²) in [5, 5.41) is 2.86. The van der Waals surface area contributed by atoms with Crippen LogP contribution in [0.15, 0.2) is 18.2 Å². The maximum atomic E-state index is 11.8. The van der Waals surface area contributed by atoms with Gasteiger partial charge in [0.05, 0.1) is 20.3 Å². The predicted octanol–water partition coefficient (Wildman–Crippen LogP) is 1.54. The summed E-state index contributed by atoms with van der Waals surface area (Å²) in [6.45, 7) is 6.04. The van der Waals surface area contributed by atoms with E-state index in [-0.39, 0.29) is 17.9 Å². The van der Waals surface area contributed by atoms with Crippen molar-refractivity contribution in [2.45, 2.75) is 13.8 Å². The van der Waals surface area contributed by atoms with Gasteiger partial charge in [-0.1, -0.05) is 13.0 Å². The van der Waals surface area contributed by atoms with Crippen LogP contribution in [0.1, 0.15) is 12.5 Å². The summed E-state index contributed by atoms with van der Waals surface area (Å²) in [5.74, 6) is 1.07. The maximum absolute atomic E-state index is 11.8. The normalized spacial score (nSPS) is 16.1. The minimum atomic E-state index is -0.138. The second-order valence-corrected chi connectivity index (χ2v) is 5.52. The van der Waals surface area contributed by atoms with E-state index >= 15 is 0 Å². The van der Waals surface area contributed by atoms with Crippen LogP contribution in [-0.2, 0) is 9.53 Å². The topological polar surface area (TPSA) is 56.8 Å². The van der Waals surface area contributed by atoms with Crippen molar-refractivity contribution < 1.29 is 19.0 Å². The third-order valence-electron chi connectivity index (χ3n) is 3.29. The van der Waals surface area contributed by atoms with Gasteiger partial charge in [0.1, 0.15) is 0 Å². The molecular formula is C15H21NO4. The number of nitrogens with one attached hydrogen (secondary N) is 1. The molecular weight excluding hydrogens is 258 g/mol. The predicted molar refractivity (Wildman–Crippen MR) is 75.2 cm³/mol. The van der Waals surface area contributed by atoms with Crippen LogP contribution in [0.2, 0.25) is 0 Å². The molecule has 0 bridgehead atoms. The Labute approximate surface area is 119 Å². The van der Waals surface area contributed by atoms with E-state index in [1.165, 1.54) is 0 Å². The SMILES string of the molecule is COc1cc(C)ccc1OCC(=O)NCC1(C)COC1. The van der Waals surface area contributed by atoms with Gasteiger partial charge in [-0.2, -0.15) is 0 Å². The number of rotatable bonds is 6. The molecule has 5 heteroatoms. The van der Waals surface area contributed by atoms with Crippen molar-refractivity contribution >= 4 is 5.91 Å². The molecule has 1 aromatic carbocycles. The Bertz CT molecular complexity index is 483. The molecule has 1 N–H and O–H groups in total. The van der Waals surface area contributed by atoms with Crippen molar-refractivity contribution in [2.75, 3.05) is 33.5 Å². The van der Waals surface area contributed by atoms with Gasteiger partial charge in [0, 0.05) is 12.0 Å². The molecule has 1 aliphatic rings. The zero-order chi connectivity index (χ0) is 14.6. The summed E-state index contributed by atoms with van der Waals surface area (Å²) in [4.78, 5) is 11.8. The Balaban J connectivity index is 1.81. The fraction of sp³-hybridized carbons (Fsp3) is 0.533. The molecule has 0 radical (unpaired) electrons. The summed E-state index contributed by atoms with van der Waals surface area (Å²) in [6.07, 6.45) is 0. The van der Waals surface area contributed by atoms with Crippen molar-refractivity contribution in [1.82, 2.24) is 5.32 Å². The number of carbonyl (C=O) groups is 1. The third kappa shape index (κ3) is 3.63. The van der Waals surface area contributed by atoms with E-state index in [0.29, 0.717) is 31.3 Å². The van der Waals surface area contributed by atoms with E-state index in [9.17, 15) is 4.79 Å². The first-order valence-electron chi connectivity index (χ1n) is 6.64. The lowest BCUT2D eigenvalue weighted by Gasteiger charge is -2.37. The first-order valence-corrected chi connectivity index (χ1v) is 6.64. The minimum Gasteiger partial charge on any atom is -0.493 e. The first-order chi connectivity index (χ1) is 9.52. The monoisotopic (exact) mass is 279 g/mol. The Morgan fingerprint density at radius 2 is 2.15 bits per heavy atom. The average molecular weight is 279 g/mol. The quantitative estimate of drug-likeness (QED) is 0.858. The third-order valence-corrected chi connectivity index (χ3v) is 3.29. The Kier molecular flexibility index (Phi) is 4.49. The number of methoxy groups -OCH3 is 1. The van der Waals surface area contributed by atoms with E-state index in [4.69, 9.17) is 14.2 Å². The fourth-order valence-corrected chi connectivity index (χ4v) is 1.95. The number of hydrogen-bond donors (Lipinski definition) is 1. The molecule has 0 aromatic heterocycles. The van der Waals surface area contributed by atoms with Crippen LogP contribution in [0.3, 0.4) is 0 Å². The van der Waals surface area contributed by atoms with Gasteiger partial charge in [-0.25, -0.2) is 0 Å². The second-order valence-electron chi connectivity index (χ2n) is 5.52. The van der Waals surface area contributed by atoms with Gasteiger partial charge < -0.3 is 19.5 Å². The molecule has 0 atom stereocenters. The van der Waals surface area contributed by atoms with E-state index < -0.39 is 0 Å². The highest BCUT2D eigenvalue weighted by Crippen LogP contribution is 2.28. The summed E-state index contributed by atoms with van der Waals surface area (Å²) >= 11 is 0. The van der Waals surface area contributed by atoms with Crippen molar-refractivity contribution in [3.05, 3.63) is 23.8 Å². The summed E-state index contributed by atoms with van der Waals surface area (Å²) < 4.78 is 15.9. The molecule has 0 saturated carbocycles. The van der Waals surface area contributed by atoms with Gasteiger partial charge in [0.15, 0.2) is 18.1 Å². The fourth-order valence-electron chi connectivity index (χ4n) is 1.95. The highest BCUT2D eigenvalue weighted by atomic mass is 16.5.